The van der Waals surface area contributed by atoms with Gasteiger partial charge in [-0.15, -0.1) is 11.8 Å². The van der Waals surface area contributed by atoms with Crippen LogP contribution in [0.3, 0.4) is 0 Å². The van der Waals surface area contributed by atoms with Crippen LogP contribution in [0.1, 0.15) is 31.9 Å². The number of carbonyl (C=O) groups is 1. The minimum Gasteiger partial charge on any atom is -0.460 e. The predicted molar refractivity (Wildman–Crippen MR) is 99.4 cm³/mol. The molecular formula is C20H21F4NO3S. The third-order valence-electron chi connectivity index (χ3n) is 5.07. The quantitative estimate of drug-likeness (QED) is 0.288. The van der Waals surface area contributed by atoms with Gasteiger partial charge in [0.1, 0.15) is 12.7 Å². The minimum absolute atomic E-state index is 0.293. The van der Waals surface area contributed by atoms with Crippen molar-refractivity contribution in [2.24, 2.45) is 17.3 Å². The van der Waals surface area contributed by atoms with Crippen LogP contribution in [0.15, 0.2) is 11.0 Å². The van der Waals surface area contributed by atoms with Gasteiger partial charge in [-0.25, -0.2) is 17.6 Å². The van der Waals surface area contributed by atoms with Crippen LogP contribution in [0.25, 0.3) is 0 Å². The summed E-state index contributed by atoms with van der Waals surface area (Å²) in [6, 6.07) is 2.04. The number of hydrogen-bond donors (Lipinski definition) is 1. The monoisotopic (exact) mass is 431 g/mol. The Morgan fingerprint density at radius 1 is 1.21 bits per heavy atom. The molecule has 0 amide bonds. The lowest BCUT2D eigenvalue weighted by Gasteiger charge is -2.12. The molecule has 0 heterocycles. The van der Waals surface area contributed by atoms with Crippen molar-refractivity contribution in [1.29, 1.82) is 5.26 Å². The van der Waals surface area contributed by atoms with Gasteiger partial charge in [-0.3, -0.25) is 4.79 Å². The first-order valence-corrected chi connectivity index (χ1v) is 9.96. The molecule has 1 fully saturated rings. The fourth-order valence-corrected chi connectivity index (χ4v) is 3.91. The number of rotatable bonds is 8. The Morgan fingerprint density at radius 2 is 1.76 bits per heavy atom. The number of nitriles is 1. The summed E-state index contributed by atoms with van der Waals surface area (Å²) in [7, 11) is 0. The van der Waals surface area contributed by atoms with E-state index in [9.17, 15) is 22.4 Å². The third-order valence-corrected chi connectivity index (χ3v) is 5.90. The molecule has 2 atom stereocenters. The summed E-state index contributed by atoms with van der Waals surface area (Å²) in [6.07, 6.45) is 1.08. The molecule has 0 aromatic heterocycles. The SMILES string of the molecule is CCS/C(C#N)=C/[C@@H]1[C@@H](C(=O)OCc2c(F)c(F)c(CCO)c(F)c2F)C1(C)C. The summed E-state index contributed by atoms with van der Waals surface area (Å²) in [5, 5.41) is 17.9. The molecule has 0 saturated heterocycles. The molecule has 1 aliphatic rings. The zero-order chi connectivity index (χ0) is 21.9. The molecule has 9 heteroatoms. The van der Waals surface area contributed by atoms with Gasteiger partial charge in [-0.2, -0.15) is 5.26 Å². The first kappa shape index (κ1) is 23.2. The summed E-state index contributed by atoms with van der Waals surface area (Å²) in [4.78, 5) is 12.8. The van der Waals surface area contributed by atoms with E-state index < -0.39 is 71.3 Å². The number of benzene rings is 1. The number of hydrogen-bond acceptors (Lipinski definition) is 5. The zero-order valence-electron chi connectivity index (χ0n) is 16.2. The van der Waals surface area contributed by atoms with E-state index in [2.05, 4.69) is 0 Å². The maximum atomic E-state index is 14.1. The highest BCUT2D eigenvalue weighted by Gasteiger charge is 2.61. The Bertz CT molecular complexity index is 850. The standard InChI is InChI=1S/C20H21F4NO3S/c1-4-29-10(8-25)7-13-14(20(13,2)3)19(27)28-9-12-17(23)15(21)11(5-6-26)16(22)18(12)24/h7,13-14,26H,4-6,9H2,1-3H3/b10-7+/t13-,14+/m1/s1. The summed E-state index contributed by atoms with van der Waals surface area (Å²) >= 11 is 1.33. The van der Waals surface area contributed by atoms with E-state index in [4.69, 9.17) is 15.1 Å². The number of aliphatic hydroxyl groups excluding tert-OH is 1. The molecule has 1 aromatic rings. The van der Waals surface area contributed by atoms with Crippen molar-refractivity contribution in [1.82, 2.24) is 0 Å². The smallest absolute Gasteiger partial charge is 0.310 e. The molecule has 1 aliphatic carbocycles. The number of carbonyl (C=O) groups excluding carboxylic acids is 1. The highest BCUT2D eigenvalue weighted by molar-refractivity contribution is 8.03. The molecule has 158 valence electrons. The second-order valence-electron chi connectivity index (χ2n) is 7.19. The van der Waals surface area contributed by atoms with Gasteiger partial charge >= 0.3 is 5.97 Å². The van der Waals surface area contributed by atoms with Crippen molar-refractivity contribution < 1.29 is 32.2 Å². The molecule has 29 heavy (non-hydrogen) atoms. The topological polar surface area (TPSA) is 70.3 Å². The second-order valence-corrected chi connectivity index (χ2v) is 8.50. The Hall–Kier alpha value is -2.05. The number of nitrogens with zero attached hydrogens (tertiary/aromatic N) is 1. The van der Waals surface area contributed by atoms with Crippen LogP contribution in [0.4, 0.5) is 17.6 Å². The second kappa shape index (κ2) is 9.18. The molecule has 0 aliphatic heterocycles. The maximum Gasteiger partial charge on any atom is 0.310 e. The van der Waals surface area contributed by atoms with Crippen molar-refractivity contribution in [2.75, 3.05) is 12.4 Å². The Labute approximate surface area is 170 Å². The van der Waals surface area contributed by atoms with Crippen molar-refractivity contribution in [3.63, 3.8) is 0 Å². The van der Waals surface area contributed by atoms with E-state index in [0.717, 1.165) is 0 Å². The molecular weight excluding hydrogens is 410 g/mol. The summed E-state index contributed by atoms with van der Waals surface area (Å²) in [5.74, 6) is -7.57. The lowest BCUT2D eigenvalue weighted by molar-refractivity contribution is -0.147. The van der Waals surface area contributed by atoms with Crippen LogP contribution >= 0.6 is 11.8 Å². The highest BCUT2D eigenvalue weighted by Crippen LogP contribution is 2.60. The van der Waals surface area contributed by atoms with Crippen LogP contribution in [-0.2, 0) is 22.6 Å². The average Bonchev–Trinajstić information content (AvgIpc) is 3.22. The number of thioether (sulfide) groups is 1. The molecule has 1 saturated carbocycles. The zero-order valence-corrected chi connectivity index (χ0v) is 17.0. The van der Waals surface area contributed by atoms with Crippen LogP contribution < -0.4 is 0 Å². The van der Waals surface area contributed by atoms with Gasteiger partial charge in [0, 0.05) is 18.6 Å². The first-order chi connectivity index (χ1) is 13.6. The van der Waals surface area contributed by atoms with Gasteiger partial charge in [0.25, 0.3) is 0 Å². The number of esters is 1. The summed E-state index contributed by atoms with van der Waals surface area (Å²) < 4.78 is 61.1. The van der Waals surface area contributed by atoms with E-state index in [1.807, 2.05) is 13.0 Å². The molecule has 0 radical (unpaired) electrons. The van der Waals surface area contributed by atoms with Crippen LogP contribution in [0, 0.1) is 51.9 Å². The lowest BCUT2D eigenvalue weighted by atomic mass is 10.1. The van der Waals surface area contributed by atoms with Gasteiger partial charge in [0.05, 0.1) is 16.4 Å². The van der Waals surface area contributed by atoms with Crippen LogP contribution in [-0.4, -0.2) is 23.4 Å². The Morgan fingerprint density at radius 3 is 2.24 bits per heavy atom. The molecule has 0 unspecified atom stereocenters. The van der Waals surface area contributed by atoms with Gasteiger partial charge in [-0.05, 0) is 17.1 Å². The normalized spacial score (nSPS) is 20.3. The number of allylic oxidation sites excluding steroid dienone is 2. The van der Waals surface area contributed by atoms with Crippen molar-refractivity contribution in [3.8, 4) is 6.07 Å². The van der Waals surface area contributed by atoms with Crippen molar-refractivity contribution in [3.05, 3.63) is 45.4 Å². The van der Waals surface area contributed by atoms with Gasteiger partial charge in [-0.1, -0.05) is 26.8 Å². The summed E-state index contributed by atoms with van der Waals surface area (Å²) in [6.45, 7) is 3.80. The number of halogens is 4. The first-order valence-electron chi connectivity index (χ1n) is 8.97. The maximum absolute atomic E-state index is 14.1. The summed E-state index contributed by atoms with van der Waals surface area (Å²) in [5.41, 5.74) is -2.45. The minimum atomic E-state index is -1.65. The number of ether oxygens (including phenoxy) is 1. The molecule has 4 nitrogen and oxygen atoms in total. The van der Waals surface area contributed by atoms with Crippen molar-refractivity contribution >= 4 is 17.7 Å². The van der Waals surface area contributed by atoms with Crippen LogP contribution in [0.5, 0.6) is 0 Å². The van der Waals surface area contributed by atoms with Gasteiger partial charge in [0.2, 0.25) is 0 Å². The molecule has 1 N–H and O–H groups in total. The Balaban J connectivity index is 2.17. The third kappa shape index (κ3) is 4.59. The van der Waals surface area contributed by atoms with E-state index in [0.29, 0.717) is 10.7 Å². The molecule has 0 bridgehead atoms. The fourth-order valence-electron chi connectivity index (χ4n) is 3.29. The fraction of sp³-hybridized carbons (Fsp3) is 0.500. The average molecular weight is 431 g/mol. The van der Waals surface area contributed by atoms with Gasteiger partial charge < -0.3 is 9.84 Å². The molecule has 2 rings (SSSR count). The largest absolute Gasteiger partial charge is 0.460 e. The van der Waals surface area contributed by atoms with Gasteiger partial charge in [0.15, 0.2) is 23.3 Å². The Kier molecular flexibility index (Phi) is 7.35. The predicted octanol–water partition coefficient (Wildman–Crippen LogP) is 4.25. The van der Waals surface area contributed by atoms with Crippen LogP contribution in [0.2, 0.25) is 0 Å². The molecule has 0 spiro atoms. The highest BCUT2D eigenvalue weighted by atomic mass is 32.2. The van der Waals surface area contributed by atoms with E-state index >= 15 is 0 Å². The van der Waals surface area contributed by atoms with E-state index in [1.165, 1.54) is 11.8 Å². The number of aliphatic hydroxyl groups is 1. The van der Waals surface area contributed by atoms with E-state index in [1.54, 1.807) is 19.9 Å². The van der Waals surface area contributed by atoms with E-state index in [-0.39, 0.29) is 5.92 Å². The van der Waals surface area contributed by atoms with Crippen molar-refractivity contribution in [2.45, 2.75) is 33.8 Å². The lowest BCUT2D eigenvalue weighted by Crippen LogP contribution is -2.15. The molecule has 1 aromatic carbocycles.